The molecule has 3 N–H and O–H groups in total. The van der Waals surface area contributed by atoms with Gasteiger partial charge in [0.15, 0.2) is 0 Å². The highest BCUT2D eigenvalue weighted by Crippen LogP contribution is 2.23. The Hall–Kier alpha value is -0.450. The van der Waals surface area contributed by atoms with Crippen LogP contribution in [-0.4, -0.2) is 13.1 Å². The molecule has 20 heavy (non-hydrogen) atoms. The molecule has 0 aromatic heterocycles. The third-order valence-electron chi connectivity index (χ3n) is 3.89. The Morgan fingerprint density at radius 1 is 1.20 bits per heavy atom. The van der Waals surface area contributed by atoms with Crippen molar-refractivity contribution >= 4 is 15.9 Å². The van der Waals surface area contributed by atoms with Crippen LogP contribution in [0.25, 0.3) is 0 Å². The Balaban J connectivity index is 2.76. The first kappa shape index (κ1) is 17.6. The molecular weight excluding hydrogens is 319 g/mol. The number of nitrogens with one attached hydrogen (secondary N) is 1. The first-order chi connectivity index (χ1) is 9.36. The van der Waals surface area contributed by atoms with Gasteiger partial charge in [-0.25, -0.2) is 4.39 Å². The predicted molar refractivity (Wildman–Crippen MR) is 87.1 cm³/mol. The van der Waals surface area contributed by atoms with Gasteiger partial charge in [0, 0.05) is 22.6 Å². The van der Waals surface area contributed by atoms with Crippen molar-refractivity contribution in [3.05, 3.63) is 34.1 Å². The second-order valence-electron chi connectivity index (χ2n) is 6.01. The maximum Gasteiger partial charge on any atom is 0.129 e. The molecule has 0 spiro atoms. The second-order valence-corrected chi connectivity index (χ2v) is 6.93. The molecule has 0 fully saturated rings. The maximum absolute atomic E-state index is 14.0. The Morgan fingerprint density at radius 2 is 1.80 bits per heavy atom. The molecule has 0 aliphatic carbocycles. The van der Waals surface area contributed by atoms with Gasteiger partial charge in [-0.2, -0.15) is 0 Å². The van der Waals surface area contributed by atoms with Crippen molar-refractivity contribution in [1.29, 1.82) is 0 Å². The topological polar surface area (TPSA) is 38.0 Å². The minimum atomic E-state index is -0.215. The highest BCUT2D eigenvalue weighted by molar-refractivity contribution is 9.10. The van der Waals surface area contributed by atoms with Gasteiger partial charge in [-0.1, -0.05) is 49.7 Å². The summed E-state index contributed by atoms with van der Waals surface area (Å²) in [5.41, 5.74) is 6.45. The minimum absolute atomic E-state index is 0.136. The van der Waals surface area contributed by atoms with Crippen LogP contribution in [0.3, 0.4) is 0 Å². The van der Waals surface area contributed by atoms with E-state index in [2.05, 4.69) is 48.9 Å². The smallest absolute Gasteiger partial charge is 0.129 e. The van der Waals surface area contributed by atoms with Crippen molar-refractivity contribution in [3.63, 3.8) is 0 Å². The molecule has 0 saturated heterocycles. The van der Waals surface area contributed by atoms with Crippen molar-refractivity contribution in [2.24, 2.45) is 23.5 Å². The Labute approximate surface area is 130 Å². The number of hydrogen-bond acceptors (Lipinski definition) is 2. The van der Waals surface area contributed by atoms with E-state index in [9.17, 15) is 4.39 Å². The SMILES string of the molecule is CC(C)C(CNC(CN)c1ccc(Br)cc1F)C(C)C. The molecule has 0 bridgehead atoms. The number of rotatable bonds is 7. The molecule has 0 amide bonds. The van der Waals surface area contributed by atoms with Gasteiger partial charge in [0.25, 0.3) is 0 Å². The zero-order valence-electron chi connectivity index (χ0n) is 12.8. The van der Waals surface area contributed by atoms with E-state index in [1.54, 1.807) is 6.07 Å². The van der Waals surface area contributed by atoms with Gasteiger partial charge in [-0.15, -0.1) is 0 Å². The molecule has 1 aromatic carbocycles. The summed E-state index contributed by atoms with van der Waals surface area (Å²) >= 11 is 3.28. The molecule has 0 radical (unpaired) electrons. The van der Waals surface area contributed by atoms with Crippen molar-refractivity contribution in [2.45, 2.75) is 33.7 Å². The van der Waals surface area contributed by atoms with E-state index < -0.39 is 0 Å². The average Bonchev–Trinajstić information content (AvgIpc) is 2.34. The number of nitrogens with two attached hydrogens (primary N) is 1. The van der Waals surface area contributed by atoms with Gasteiger partial charge < -0.3 is 11.1 Å². The summed E-state index contributed by atoms with van der Waals surface area (Å²) in [6.45, 7) is 10.1. The van der Waals surface area contributed by atoms with Crippen LogP contribution in [0.15, 0.2) is 22.7 Å². The number of hydrogen-bond donors (Lipinski definition) is 2. The fraction of sp³-hybridized carbons (Fsp3) is 0.625. The van der Waals surface area contributed by atoms with Crippen LogP contribution in [0.4, 0.5) is 4.39 Å². The van der Waals surface area contributed by atoms with Gasteiger partial charge in [0.05, 0.1) is 0 Å². The third-order valence-corrected chi connectivity index (χ3v) is 4.38. The van der Waals surface area contributed by atoms with E-state index in [1.165, 1.54) is 6.07 Å². The molecule has 0 aliphatic heterocycles. The number of benzene rings is 1. The Morgan fingerprint density at radius 3 is 2.25 bits per heavy atom. The molecular formula is C16H26BrFN2. The van der Waals surface area contributed by atoms with Crippen molar-refractivity contribution in [2.75, 3.05) is 13.1 Å². The normalized spacial score (nSPS) is 13.5. The molecule has 1 unspecified atom stereocenters. The molecule has 1 rings (SSSR count). The van der Waals surface area contributed by atoms with Crippen LogP contribution in [-0.2, 0) is 0 Å². The average molecular weight is 345 g/mol. The van der Waals surface area contributed by atoms with E-state index in [-0.39, 0.29) is 11.9 Å². The Bertz CT molecular complexity index is 413. The first-order valence-electron chi connectivity index (χ1n) is 7.25. The van der Waals surface area contributed by atoms with Crippen molar-refractivity contribution < 1.29 is 4.39 Å². The second kappa shape index (κ2) is 8.11. The predicted octanol–water partition coefficient (Wildman–Crippen LogP) is 4.11. The monoisotopic (exact) mass is 344 g/mol. The van der Waals surface area contributed by atoms with Gasteiger partial charge >= 0.3 is 0 Å². The summed E-state index contributed by atoms with van der Waals surface area (Å²) in [5.74, 6) is 1.53. The summed E-state index contributed by atoms with van der Waals surface area (Å²) in [7, 11) is 0. The van der Waals surface area contributed by atoms with Crippen LogP contribution < -0.4 is 11.1 Å². The molecule has 4 heteroatoms. The van der Waals surface area contributed by atoms with Gasteiger partial charge in [0.2, 0.25) is 0 Å². The van der Waals surface area contributed by atoms with Crippen LogP contribution in [0.2, 0.25) is 0 Å². The first-order valence-corrected chi connectivity index (χ1v) is 8.04. The maximum atomic E-state index is 14.0. The van der Waals surface area contributed by atoms with Crippen molar-refractivity contribution in [3.8, 4) is 0 Å². The van der Waals surface area contributed by atoms with E-state index in [0.717, 1.165) is 11.0 Å². The summed E-state index contributed by atoms with van der Waals surface area (Å²) in [4.78, 5) is 0. The Kier molecular flexibility index (Phi) is 7.13. The van der Waals surface area contributed by atoms with Crippen LogP contribution >= 0.6 is 15.9 Å². The van der Waals surface area contributed by atoms with E-state index >= 15 is 0 Å². The molecule has 1 atom stereocenters. The largest absolute Gasteiger partial charge is 0.329 e. The summed E-state index contributed by atoms with van der Waals surface area (Å²) in [6.07, 6.45) is 0. The number of halogens is 2. The van der Waals surface area contributed by atoms with Crippen LogP contribution in [0.1, 0.15) is 39.3 Å². The summed E-state index contributed by atoms with van der Waals surface area (Å²) < 4.78 is 14.8. The zero-order chi connectivity index (χ0) is 15.3. The third kappa shape index (κ3) is 4.83. The zero-order valence-corrected chi connectivity index (χ0v) is 14.4. The van der Waals surface area contributed by atoms with Crippen LogP contribution in [0, 0.1) is 23.6 Å². The molecule has 0 saturated carbocycles. The van der Waals surface area contributed by atoms with E-state index in [4.69, 9.17) is 5.73 Å². The fourth-order valence-corrected chi connectivity index (χ4v) is 2.96. The van der Waals surface area contributed by atoms with Gasteiger partial charge in [-0.3, -0.25) is 0 Å². The molecule has 114 valence electrons. The quantitative estimate of drug-likeness (QED) is 0.781. The molecule has 0 heterocycles. The lowest BCUT2D eigenvalue weighted by atomic mass is 9.85. The lowest BCUT2D eigenvalue weighted by Crippen LogP contribution is -2.36. The molecule has 1 aromatic rings. The summed E-state index contributed by atoms with van der Waals surface area (Å²) in [6, 6.07) is 5.00. The standard InChI is InChI=1S/C16H26BrFN2/c1-10(2)14(11(3)4)9-20-16(8-19)13-6-5-12(17)7-15(13)18/h5-7,10-11,14,16,20H,8-9,19H2,1-4H3. The lowest BCUT2D eigenvalue weighted by Gasteiger charge is -2.28. The highest BCUT2D eigenvalue weighted by atomic mass is 79.9. The van der Waals surface area contributed by atoms with E-state index in [1.807, 2.05) is 6.07 Å². The lowest BCUT2D eigenvalue weighted by molar-refractivity contribution is 0.265. The molecule has 0 aliphatic rings. The summed E-state index contributed by atoms with van der Waals surface area (Å²) in [5, 5.41) is 3.43. The van der Waals surface area contributed by atoms with Crippen molar-refractivity contribution in [1.82, 2.24) is 5.32 Å². The molecule has 2 nitrogen and oxygen atoms in total. The van der Waals surface area contributed by atoms with Crippen LogP contribution in [0.5, 0.6) is 0 Å². The fourth-order valence-electron chi connectivity index (χ4n) is 2.62. The van der Waals surface area contributed by atoms with Gasteiger partial charge in [0.1, 0.15) is 5.82 Å². The van der Waals surface area contributed by atoms with E-state index in [0.29, 0.717) is 29.9 Å². The minimum Gasteiger partial charge on any atom is -0.329 e. The highest BCUT2D eigenvalue weighted by Gasteiger charge is 2.20. The van der Waals surface area contributed by atoms with Gasteiger partial charge in [-0.05, 0) is 36.4 Å².